The zero-order valence-electron chi connectivity index (χ0n) is 22.1. The molecule has 7 nitrogen and oxygen atoms in total. The number of hydrogen-bond acceptors (Lipinski definition) is 5. The summed E-state index contributed by atoms with van der Waals surface area (Å²) in [5.41, 5.74) is -0.656. The van der Waals surface area contributed by atoms with Gasteiger partial charge < -0.3 is 19.6 Å². The van der Waals surface area contributed by atoms with Crippen LogP contribution < -0.4 is 15.7 Å². The van der Waals surface area contributed by atoms with Gasteiger partial charge in [-0.05, 0) is 42.2 Å². The first kappa shape index (κ1) is 27.6. The highest BCUT2D eigenvalue weighted by Crippen LogP contribution is 2.36. The Kier molecular flexibility index (Phi) is 8.76. The van der Waals surface area contributed by atoms with Crippen LogP contribution in [-0.4, -0.2) is 53.7 Å². The summed E-state index contributed by atoms with van der Waals surface area (Å²) in [6.45, 7) is 12.3. The van der Waals surface area contributed by atoms with Crippen molar-refractivity contribution in [1.29, 1.82) is 0 Å². The van der Waals surface area contributed by atoms with E-state index in [4.69, 9.17) is 9.16 Å². The summed E-state index contributed by atoms with van der Waals surface area (Å²) in [4.78, 5) is 12.6. The van der Waals surface area contributed by atoms with Crippen LogP contribution >= 0.6 is 0 Å². The minimum atomic E-state index is -2.84. The summed E-state index contributed by atoms with van der Waals surface area (Å²) in [7, 11) is -2.84. The maximum absolute atomic E-state index is 12.6. The van der Waals surface area contributed by atoms with E-state index in [-0.39, 0.29) is 18.2 Å². The van der Waals surface area contributed by atoms with E-state index in [1.165, 1.54) is 0 Å². The molecule has 1 aromatic heterocycles. The lowest BCUT2D eigenvalue weighted by Gasteiger charge is -2.43. The lowest BCUT2D eigenvalue weighted by molar-refractivity contribution is 0.0306. The molecule has 0 saturated heterocycles. The first-order valence-electron chi connectivity index (χ1n) is 12.3. The monoisotopic (exact) mass is 509 g/mol. The highest BCUT2D eigenvalue weighted by molar-refractivity contribution is 6.99. The van der Waals surface area contributed by atoms with E-state index < -0.39 is 32.2 Å². The molecule has 0 radical (unpaired) electrons. The summed E-state index contributed by atoms with van der Waals surface area (Å²) >= 11 is 0. The second-order valence-electron chi connectivity index (χ2n) is 11.0. The minimum Gasteiger partial charge on any atom is -0.444 e. The summed E-state index contributed by atoms with van der Waals surface area (Å²) < 4.78 is 14.0. The number of ether oxygens (including phenoxy) is 1. The molecule has 1 amide bonds. The van der Waals surface area contributed by atoms with Crippen molar-refractivity contribution in [2.45, 2.75) is 70.9 Å². The minimum absolute atomic E-state index is 0.0367. The normalized spacial score (nSPS) is 14.2. The third kappa shape index (κ3) is 6.84. The molecule has 2 N–H and O–H groups in total. The molecule has 0 aliphatic heterocycles. The van der Waals surface area contributed by atoms with Crippen molar-refractivity contribution in [1.82, 2.24) is 15.1 Å². The predicted octanol–water partition coefficient (Wildman–Crippen LogP) is 3.71. The maximum Gasteiger partial charge on any atom is 0.408 e. The number of rotatable bonds is 9. The van der Waals surface area contributed by atoms with Gasteiger partial charge in [0.25, 0.3) is 8.32 Å². The summed E-state index contributed by atoms with van der Waals surface area (Å²) in [6, 6.07) is 21.7. The van der Waals surface area contributed by atoms with Crippen LogP contribution in [0, 0.1) is 0 Å². The molecule has 0 saturated carbocycles. The average Bonchev–Trinajstić information content (AvgIpc) is 3.31. The van der Waals surface area contributed by atoms with E-state index in [1.807, 2.05) is 36.4 Å². The summed E-state index contributed by atoms with van der Waals surface area (Å²) in [5, 5.41) is 20.5. The molecule has 3 aromatic rings. The van der Waals surface area contributed by atoms with Gasteiger partial charge in [-0.15, -0.1) is 0 Å². The smallest absolute Gasteiger partial charge is 0.408 e. The van der Waals surface area contributed by atoms with Gasteiger partial charge in [0, 0.05) is 12.4 Å². The molecule has 2 atom stereocenters. The number of carbonyl (C=O) groups excluding carboxylic acids is 1. The van der Waals surface area contributed by atoms with Gasteiger partial charge in [0.1, 0.15) is 5.60 Å². The van der Waals surface area contributed by atoms with Gasteiger partial charge in [-0.3, -0.25) is 4.68 Å². The van der Waals surface area contributed by atoms with E-state index in [9.17, 15) is 9.90 Å². The molecule has 0 fully saturated rings. The Morgan fingerprint density at radius 3 is 1.97 bits per heavy atom. The Balaban J connectivity index is 1.92. The van der Waals surface area contributed by atoms with Crippen LogP contribution in [0.5, 0.6) is 0 Å². The second kappa shape index (κ2) is 11.4. The van der Waals surface area contributed by atoms with Crippen molar-refractivity contribution < 1.29 is 19.1 Å². The number of amides is 1. The largest absolute Gasteiger partial charge is 0.444 e. The quantitative estimate of drug-likeness (QED) is 0.430. The van der Waals surface area contributed by atoms with Gasteiger partial charge >= 0.3 is 6.09 Å². The Labute approximate surface area is 215 Å². The lowest BCUT2D eigenvalue weighted by atomic mass is 10.1. The number of aliphatic hydroxyl groups excluding tert-OH is 1. The fraction of sp³-hybridized carbons (Fsp3) is 0.429. The number of hydrogen-bond donors (Lipinski definition) is 2. The summed E-state index contributed by atoms with van der Waals surface area (Å²) in [6.07, 6.45) is 1.86. The standard InChI is InChI=1S/C28H39N3O4Si/c1-27(2,3)35-26(33)30-24(20-31-19-13-18-29-31)25(32)21-34-36(28(4,5)6,22-14-9-7-10-15-22)23-16-11-8-12-17-23/h7-19,24-25,32H,20-21H2,1-6H3,(H,30,33)/t24-,25-/m1/s1. The average molecular weight is 510 g/mol. The number of nitrogens with zero attached hydrogens (tertiary/aromatic N) is 2. The van der Waals surface area contributed by atoms with Crippen LogP contribution in [0.25, 0.3) is 0 Å². The van der Waals surface area contributed by atoms with Crippen LogP contribution in [0.4, 0.5) is 4.79 Å². The highest BCUT2D eigenvalue weighted by atomic mass is 28.4. The Morgan fingerprint density at radius 1 is 0.972 bits per heavy atom. The maximum atomic E-state index is 12.6. The fourth-order valence-electron chi connectivity index (χ4n) is 4.42. The number of aliphatic hydroxyl groups is 1. The third-order valence-electron chi connectivity index (χ3n) is 6.00. The van der Waals surface area contributed by atoms with Gasteiger partial charge in [-0.1, -0.05) is 81.4 Å². The van der Waals surface area contributed by atoms with Gasteiger partial charge in [-0.25, -0.2) is 4.79 Å². The zero-order valence-corrected chi connectivity index (χ0v) is 23.1. The number of alkyl carbamates (subject to hydrolysis) is 1. The van der Waals surface area contributed by atoms with Crippen molar-refractivity contribution in [3.8, 4) is 0 Å². The van der Waals surface area contributed by atoms with E-state index >= 15 is 0 Å². The molecule has 8 heteroatoms. The molecule has 36 heavy (non-hydrogen) atoms. The Bertz CT molecular complexity index is 1040. The molecule has 2 aromatic carbocycles. The van der Waals surface area contributed by atoms with Crippen molar-refractivity contribution >= 4 is 24.8 Å². The topological polar surface area (TPSA) is 85.6 Å². The van der Waals surface area contributed by atoms with Crippen LogP contribution in [0.3, 0.4) is 0 Å². The van der Waals surface area contributed by atoms with Crippen LogP contribution in [0.15, 0.2) is 79.1 Å². The van der Waals surface area contributed by atoms with E-state index in [2.05, 4.69) is 55.5 Å². The van der Waals surface area contributed by atoms with Crippen molar-refractivity contribution in [2.24, 2.45) is 0 Å². The van der Waals surface area contributed by atoms with Gasteiger partial charge in [-0.2, -0.15) is 5.10 Å². The van der Waals surface area contributed by atoms with Crippen molar-refractivity contribution in [3.05, 3.63) is 79.1 Å². The van der Waals surface area contributed by atoms with E-state index in [0.717, 1.165) is 10.4 Å². The third-order valence-corrected chi connectivity index (χ3v) is 11.0. The first-order valence-corrected chi connectivity index (χ1v) is 14.2. The van der Waals surface area contributed by atoms with Crippen molar-refractivity contribution in [2.75, 3.05) is 6.61 Å². The molecular formula is C28H39N3O4Si. The molecule has 0 aliphatic rings. The van der Waals surface area contributed by atoms with E-state index in [1.54, 1.807) is 43.9 Å². The Hall–Kier alpha value is -2.94. The first-order chi connectivity index (χ1) is 16.9. The van der Waals surface area contributed by atoms with Crippen LogP contribution in [0.1, 0.15) is 41.5 Å². The fourth-order valence-corrected chi connectivity index (χ4v) is 9.00. The lowest BCUT2D eigenvalue weighted by Crippen LogP contribution is -2.67. The van der Waals surface area contributed by atoms with E-state index in [0.29, 0.717) is 0 Å². The van der Waals surface area contributed by atoms with Gasteiger partial charge in [0.15, 0.2) is 0 Å². The highest BCUT2D eigenvalue weighted by Gasteiger charge is 2.50. The number of benzene rings is 2. The second-order valence-corrected chi connectivity index (χ2v) is 15.3. The number of aromatic nitrogens is 2. The Morgan fingerprint density at radius 2 is 1.53 bits per heavy atom. The molecular weight excluding hydrogens is 470 g/mol. The molecule has 194 valence electrons. The number of carbonyl (C=O) groups is 1. The van der Waals surface area contributed by atoms with Crippen LogP contribution in [-0.2, 0) is 15.7 Å². The molecule has 0 aliphatic carbocycles. The predicted molar refractivity (Wildman–Crippen MR) is 145 cm³/mol. The summed E-state index contributed by atoms with van der Waals surface area (Å²) in [5.74, 6) is 0. The molecule has 3 rings (SSSR count). The van der Waals surface area contributed by atoms with Gasteiger partial charge in [0.05, 0.1) is 25.3 Å². The van der Waals surface area contributed by atoms with Gasteiger partial charge in [0.2, 0.25) is 0 Å². The molecule has 1 heterocycles. The number of nitrogens with one attached hydrogen (secondary N) is 1. The molecule has 0 spiro atoms. The zero-order chi connectivity index (χ0) is 26.4. The van der Waals surface area contributed by atoms with Crippen LogP contribution in [0.2, 0.25) is 5.04 Å². The van der Waals surface area contributed by atoms with Crippen molar-refractivity contribution in [3.63, 3.8) is 0 Å². The SMILES string of the molecule is CC(C)(C)OC(=O)N[C@H](Cn1cccn1)[C@H](O)CO[Si](c1ccccc1)(c1ccccc1)C(C)(C)C. The molecule has 0 unspecified atom stereocenters. The molecule has 0 bridgehead atoms.